The molecule has 0 fully saturated rings. The SMILES string of the molecule is Cc1ccc(-c2ccco2)cc1S(=O)(=O)N(C)C. The average Bonchev–Trinajstić information content (AvgIpc) is 2.82. The first-order chi connectivity index (χ1) is 8.43. The third-order valence-corrected chi connectivity index (χ3v) is 4.71. The molecular weight excluding hydrogens is 250 g/mol. The summed E-state index contributed by atoms with van der Waals surface area (Å²) in [5.74, 6) is 0.658. The van der Waals surface area contributed by atoms with E-state index in [0.717, 1.165) is 11.1 Å². The van der Waals surface area contributed by atoms with Gasteiger partial charge in [0.05, 0.1) is 11.2 Å². The smallest absolute Gasteiger partial charge is 0.242 e. The largest absolute Gasteiger partial charge is 0.464 e. The molecule has 0 bridgehead atoms. The van der Waals surface area contributed by atoms with Gasteiger partial charge in [-0.15, -0.1) is 0 Å². The topological polar surface area (TPSA) is 50.5 Å². The molecular formula is C13H15NO3S. The third-order valence-electron chi connectivity index (χ3n) is 2.75. The van der Waals surface area contributed by atoms with Crippen LogP contribution in [0.3, 0.4) is 0 Å². The highest BCUT2D eigenvalue weighted by Crippen LogP contribution is 2.26. The van der Waals surface area contributed by atoms with E-state index < -0.39 is 10.0 Å². The van der Waals surface area contributed by atoms with Gasteiger partial charge >= 0.3 is 0 Å². The number of furan rings is 1. The van der Waals surface area contributed by atoms with Gasteiger partial charge in [-0.2, -0.15) is 0 Å². The summed E-state index contributed by atoms with van der Waals surface area (Å²) in [6, 6.07) is 8.85. The van der Waals surface area contributed by atoms with Crippen LogP contribution in [0.1, 0.15) is 5.56 Å². The second kappa shape index (κ2) is 4.59. The molecule has 0 saturated heterocycles. The highest BCUT2D eigenvalue weighted by atomic mass is 32.2. The lowest BCUT2D eigenvalue weighted by Crippen LogP contribution is -2.23. The van der Waals surface area contributed by atoms with Crippen LogP contribution in [0.2, 0.25) is 0 Å². The van der Waals surface area contributed by atoms with Gasteiger partial charge in [0, 0.05) is 19.7 Å². The maximum absolute atomic E-state index is 12.2. The molecule has 2 aromatic rings. The Hall–Kier alpha value is -1.59. The van der Waals surface area contributed by atoms with Crippen LogP contribution in [0.15, 0.2) is 45.9 Å². The molecule has 0 spiro atoms. The predicted octanol–water partition coefficient (Wildman–Crippen LogP) is 2.51. The molecule has 96 valence electrons. The summed E-state index contributed by atoms with van der Waals surface area (Å²) in [6.45, 7) is 1.78. The zero-order chi connectivity index (χ0) is 13.3. The van der Waals surface area contributed by atoms with E-state index in [1.165, 1.54) is 18.4 Å². The van der Waals surface area contributed by atoms with E-state index >= 15 is 0 Å². The van der Waals surface area contributed by atoms with Crippen molar-refractivity contribution < 1.29 is 12.8 Å². The van der Waals surface area contributed by atoms with Gasteiger partial charge in [0.2, 0.25) is 10.0 Å². The lowest BCUT2D eigenvalue weighted by Gasteiger charge is -2.14. The minimum Gasteiger partial charge on any atom is -0.464 e. The first-order valence-corrected chi connectivity index (χ1v) is 6.94. The Morgan fingerprint density at radius 2 is 1.89 bits per heavy atom. The van der Waals surface area contributed by atoms with Crippen molar-refractivity contribution in [1.29, 1.82) is 0 Å². The summed E-state index contributed by atoms with van der Waals surface area (Å²) >= 11 is 0. The van der Waals surface area contributed by atoms with Crippen LogP contribution in [0, 0.1) is 6.92 Å². The normalized spacial score (nSPS) is 12.0. The lowest BCUT2D eigenvalue weighted by molar-refractivity contribution is 0.520. The molecule has 0 unspecified atom stereocenters. The van der Waals surface area contributed by atoms with Gasteiger partial charge < -0.3 is 4.42 Å². The Labute approximate surface area is 107 Å². The molecule has 5 heteroatoms. The maximum atomic E-state index is 12.2. The molecule has 0 amide bonds. The molecule has 0 atom stereocenters. The van der Waals surface area contributed by atoms with Crippen LogP contribution in [-0.4, -0.2) is 26.8 Å². The number of hydrogen-bond acceptors (Lipinski definition) is 3. The van der Waals surface area contributed by atoms with Crippen molar-refractivity contribution in [2.45, 2.75) is 11.8 Å². The van der Waals surface area contributed by atoms with Crippen molar-refractivity contribution in [1.82, 2.24) is 4.31 Å². The number of nitrogens with zero attached hydrogens (tertiary/aromatic N) is 1. The molecule has 0 saturated carbocycles. The number of sulfonamides is 1. The van der Waals surface area contributed by atoms with E-state index in [2.05, 4.69) is 0 Å². The average molecular weight is 265 g/mol. The van der Waals surface area contributed by atoms with E-state index in [-0.39, 0.29) is 0 Å². The minimum atomic E-state index is -3.43. The first-order valence-electron chi connectivity index (χ1n) is 5.50. The Morgan fingerprint density at radius 1 is 1.17 bits per heavy atom. The van der Waals surface area contributed by atoms with Gasteiger partial charge in [0.15, 0.2) is 0 Å². The Balaban J connectivity index is 2.59. The summed E-state index contributed by atoms with van der Waals surface area (Å²) in [5.41, 5.74) is 1.48. The second-order valence-electron chi connectivity index (χ2n) is 4.25. The summed E-state index contributed by atoms with van der Waals surface area (Å²) in [4.78, 5) is 0.307. The van der Waals surface area contributed by atoms with Crippen molar-refractivity contribution in [2.24, 2.45) is 0 Å². The molecule has 1 heterocycles. The summed E-state index contributed by atoms with van der Waals surface area (Å²) in [7, 11) is -0.385. The van der Waals surface area contributed by atoms with Crippen molar-refractivity contribution >= 4 is 10.0 Å². The maximum Gasteiger partial charge on any atom is 0.242 e. The number of aryl methyl sites for hydroxylation is 1. The highest BCUT2D eigenvalue weighted by molar-refractivity contribution is 7.89. The van der Waals surface area contributed by atoms with Gasteiger partial charge in [0.25, 0.3) is 0 Å². The molecule has 18 heavy (non-hydrogen) atoms. The van der Waals surface area contributed by atoms with Crippen LogP contribution in [0.25, 0.3) is 11.3 Å². The van der Waals surface area contributed by atoms with Gasteiger partial charge in [-0.05, 0) is 30.7 Å². The van der Waals surface area contributed by atoms with Crippen LogP contribution >= 0.6 is 0 Å². The Kier molecular flexibility index (Phi) is 3.28. The molecule has 0 aliphatic carbocycles. The van der Waals surface area contributed by atoms with Crippen molar-refractivity contribution in [2.75, 3.05) is 14.1 Å². The van der Waals surface area contributed by atoms with Gasteiger partial charge in [0.1, 0.15) is 5.76 Å². The second-order valence-corrected chi connectivity index (χ2v) is 6.37. The standard InChI is InChI=1S/C13H15NO3S/c1-10-6-7-11(12-5-4-8-17-12)9-13(10)18(15,16)14(2)3/h4-9H,1-3H3. The summed E-state index contributed by atoms with van der Waals surface area (Å²) < 4.78 is 30.8. The summed E-state index contributed by atoms with van der Waals surface area (Å²) in [5, 5.41) is 0. The first kappa shape index (κ1) is 12.9. The fourth-order valence-electron chi connectivity index (χ4n) is 1.67. The molecule has 1 aromatic heterocycles. The molecule has 4 nitrogen and oxygen atoms in total. The third kappa shape index (κ3) is 2.19. The molecule has 0 radical (unpaired) electrons. The fraction of sp³-hybridized carbons (Fsp3) is 0.231. The predicted molar refractivity (Wildman–Crippen MR) is 69.8 cm³/mol. The quantitative estimate of drug-likeness (QED) is 0.856. The van der Waals surface area contributed by atoms with Gasteiger partial charge in [-0.3, -0.25) is 0 Å². The van der Waals surface area contributed by atoms with Crippen molar-refractivity contribution in [3.8, 4) is 11.3 Å². The number of hydrogen-bond donors (Lipinski definition) is 0. The summed E-state index contributed by atoms with van der Waals surface area (Å²) in [6.07, 6.45) is 1.56. The zero-order valence-electron chi connectivity index (χ0n) is 10.5. The molecule has 0 aliphatic heterocycles. The van der Waals surface area contributed by atoms with E-state index in [9.17, 15) is 8.42 Å². The lowest BCUT2D eigenvalue weighted by atomic mass is 10.1. The van der Waals surface area contributed by atoms with Crippen LogP contribution in [0.4, 0.5) is 0 Å². The number of benzene rings is 1. The van der Waals surface area contributed by atoms with E-state index in [1.54, 1.807) is 37.5 Å². The molecule has 2 rings (SSSR count). The molecule has 1 aromatic carbocycles. The fourth-order valence-corrected chi connectivity index (χ4v) is 2.81. The van der Waals surface area contributed by atoms with E-state index in [1.807, 2.05) is 6.07 Å². The van der Waals surface area contributed by atoms with E-state index in [0.29, 0.717) is 10.7 Å². The monoisotopic (exact) mass is 265 g/mol. The highest BCUT2D eigenvalue weighted by Gasteiger charge is 2.20. The van der Waals surface area contributed by atoms with E-state index in [4.69, 9.17) is 4.42 Å². The van der Waals surface area contributed by atoms with Crippen LogP contribution < -0.4 is 0 Å². The Morgan fingerprint density at radius 3 is 2.44 bits per heavy atom. The number of rotatable bonds is 3. The molecule has 0 aliphatic rings. The van der Waals surface area contributed by atoms with Crippen LogP contribution in [0.5, 0.6) is 0 Å². The van der Waals surface area contributed by atoms with Crippen molar-refractivity contribution in [3.63, 3.8) is 0 Å². The van der Waals surface area contributed by atoms with Crippen LogP contribution in [-0.2, 0) is 10.0 Å². The zero-order valence-corrected chi connectivity index (χ0v) is 11.4. The van der Waals surface area contributed by atoms with Gasteiger partial charge in [-0.1, -0.05) is 12.1 Å². The molecule has 0 N–H and O–H groups in total. The minimum absolute atomic E-state index is 0.307. The Bertz CT molecular complexity index is 643. The van der Waals surface area contributed by atoms with Crippen molar-refractivity contribution in [3.05, 3.63) is 42.2 Å². The van der Waals surface area contributed by atoms with Gasteiger partial charge in [-0.25, -0.2) is 12.7 Å².